The summed E-state index contributed by atoms with van der Waals surface area (Å²) in [4.78, 5) is 17.5. The van der Waals surface area contributed by atoms with Crippen LogP contribution in [0.3, 0.4) is 0 Å². The van der Waals surface area contributed by atoms with E-state index in [0.29, 0.717) is 5.13 Å². The number of fused-ring (bicyclic) bond motifs is 1. The highest BCUT2D eigenvalue weighted by Crippen LogP contribution is 2.27. The molecule has 0 aliphatic carbocycles. The molecule has 0 radical (unpaired) electrons. The van der Waals surface area contributed by atoms with Crippen molar-refractivity contribution in [3.05, 3.63) is 52.2 Å². The molecule has 0 fully saturated rings. The molecular weight excluding hydrogens is 324 g/mol. The van der Waals surface area contributed by atoms with E-state index in [9.17, 15) is 4.79 Å². The summed E-state index contributed by atoms with van der Waals surface area (Å²) in [5.41, 5.74) is 2.27. The number of unbranched alkanes of at least 4 members (excludes halogenated alkanes) is 1. The number of aryl methyl sites for hydroxylation is 1. The number of hydrogen-bond acceptors (Lipinski definition) is 4. The summed E-state index contributed by atoms with van der Waals surface area (Å²) >= 11 is 3.13. The number of carbonyl (C=O) groups is 1. The number of thiazole rings is 1. The van der Waals surface area contributed by atoms with Gasteiger partial charge in [-0.3, -0.25) is 10.1 Å². The lowest BCUT2D eigenvalue weighted by Crippen LogP contribution is -2.06. The van der Waals surface area contributed by atoms with Crippen LogP contribution in [-0.2, 0) is 11.2 Å². The summed E-state index contributed by atoms with van der Waals surface area (Å²) in [5, 5.41) is 5.48. The Hall–Kier alpha value is -1.98. The number of hydrogen-bond donors (Lipinski definition) is 1. The Morgan fingerprint density at radius 2 is 2.26 bits per heavy atom. The van der Waals surface area contributed by atoms with Gasteiger partial charge in [-0.2, -0.15) is 0 Å². The molecule has 0 saturated heterocycles. The molecule has 0 unspecified atom stereocenters. The molecule has 0 aliphatic heterocycles. The maximum atomic E-state index is 12.0. The molecule has 0 spiro atoms. The second-order valence-corrected chi connectivity index (χ2v) is 7.27. The molecule has 1 N–H and O–H groups in total. The van der Waals surface area contributed by atoms with Crippen LogP contribution >= 0.6 is 22.7 Å². The minimum atomic E-state index is -0.149. The average Bonchev–Trinajstić information content (AvgIpc) is 3.19. The minimum absolute atomic E-state index is 0.149. The Labute approximate surface area is 143 Å². The number of aromatic nitrogens is 1. The number of benzene rings is 1. The summed E-state index contributed by atoms with van der Waals surface area (Å²) < 4.78 is 1.12. The third-order valence-corrected chi connectivity index (χ3v) is 5.22. The molecule has 0 saturated carbocycles. The molecule has 2 aromatic heterocycles. The maximum Gasteiger partial charge on any atom is 0.250 e. The first-order chi connectivity index (χ1) is 11.2. The van der Waals surface area contributed by atoms with Gasteiger partial charge < -0.3 is 0 Å². The first-order valence-electron chi connectivity index (χ1n) is 7.66. The van der Waals surface area contributed by atoms with Crippen molar-refractivity contribution < 1.29 is 4.79 Å². The minimum Gasteiger partial charge on any atom is -0.298 e. The number of nitrogens with zero attached hydrogens (tertiary/aromatic N) is 1. The summed E-state index contributed by atoms with van der Waals surface area (Å²) in [7, 11) is 0. The summed E-state index contributed by atoms with van der Waals surface area (Å²) in [6.07, 6.45) is 6.84. The maximum absolute atomic E-state index is 12.0. The Morgan fingerprint density at radius 3 is 3.04 bits per heavy atom. The number of amides is 1. The molecule has 3 nitrogen and oxygen atoms in total. The van der Waals surface area contributed by atoms with Crippen molar-refractivity contribution in [3.8, 4) is 0 Å². The predicted molar refractivity (Wildman–Crippen MR) is 100 cm³/mol. The lowest BCUT2D eigenvalue weighted by Gasteiger charge is -1.98. The molecule has 0 bridgehead atoms. The summed E-state index contributed by atoms with van der Waals surface area (Å²) in [5.74, 6) is -0.149. The van der Waals surface area contributed by atoms with Gasteiger partial charge in [-0.05, 0) is 48.1 Å². The first-order valence-corrected chi connectivity index (χ1v) is 9.36. The smallest absolute Gasteiger partial charge is 0.250 e. The molecule has 1 aromatic carbocycles. The van der Waals surface area contributed by atoms with Gasteiger partial charge in [0.2, 0.25) is 5.91 Å². The molecule has 3 aromatic rings. The van der Waals surface area contributed by atoms with Crippen molar-refractivity contribution in [2.45, 2.75) is 26.2 Å². The SMILES string of the molecule is CCCCc1ccc2nc(NC(=O)C=Cc3cccs3)sc2c1. The van der Waals surface area contributed by atoms with Crippen molar-refractivity contribution in [2.75, 3.05) is 5.32 Å². The van der Waals surface area contributed by atoms with Crippen molar-refractivity contribution in [3.63, 3.8) is 0 Å². The largest absolute Gasteiger partial charge is 0.298 e. The topological polar surface area (TPSA) is 42.0 Å². The van der Waals surface area contributed by atoms with Crippen molar-refractivity contribution >= 4 is 50.0 Å². The molecule has 2 heterocycles. The number of thiophene rings is 1. The Morgan fingerprint density at radius 1 is 1.35 bits per heavy atom. The standard InChI is InChI=1S/C18H18N2OS2/c1-2-3-5-13-7-9-15-16(12-13)23-18(19-15)20-17(21)10-8-14-6-4-11-22-14/h4,6-12H,2-3,5H2,1H3,(H,19,20,21). The Kier molecular flexibility index (Phi) is 5.20. The van der Waals surface area contributed by atoms with Crippen LogP contribution in [0, 0.1) is 0 Å². The van der Waals surface area contributed by atoms with E-state index in [1.807, 2.05) is 29.7 Å². The van der Waals surface area contributed by atoms with Crippen molar-refractivity contribution in [2.24, 2.45) is 0 Å². The van der Waals surface area contributed by atoms with Crippen LogP contribution in [0.15, 0.2) is 41.8 Å². The lowest BCUT2D eigenvalue weighted by molar-refractivity contribution is -0.111. The number of carbonyl (C=O) groups excluding carboxylic acids is 1. The normalized spacial score (nSPS) is 11.3. The number of anilines is 1. The Bertz CT molecular complexity index is 819. The molecule has 118 valence electrons. The van der Waals surface area contributed by atoms with Gasteiger partial charge in [-0.15, -0.1) is 11.3 Å². The van der Waals surface area contributed by atoms with E-state index in [0.717, 1.165) is 21.5 Å². The van der Waals surface area contributed by atoms with Gasteiger partial charge in [0.15, 0.2) is 5.13 Å². The fraction of sp³-hybridized carbons (Fsp3) is 0.222. The monoisotopic (exact) mass is 342 g/mol. The van der Waals surface area contributed by atoms with Crippen LogP contribution in [-0.4, -0.2) is 10.9 Å². The van der Waals surface area contributed by atoms with E-state index in [1.165, 1.54) is 29.7 Å². The zero-order valence-electron chi connectivity index (χ0n) is 12.9. The van der Waals surface area contributed by atoms with E-state index in [1.54, 1.807) is 17.4 Å². The molecule has 1 amide bonds. The highest BCUT2D eigenvalue weighted by atomic mass is 32.1. The predicted octanol–water partition coefficient (Wildman–Crippen LogP) is 5.35. The zero-order valence-corrected chi connectivity index (χ0v) is 14.5. The van der Waals surface area contributed by atoms with E-state index in [2.05, 4.69) is 29.4 Å². The highest BCUT2D eigenvalue weighted by molar-refractivity contribution is 7.22. The molecule has 23 heavy (non-hydrogen) atoms. The zero-order chi connectivity index (χ0) is 16.1. The van der Waals surface area contributed by atoms with E-state index >= 15 is 0 Å². The average molecular weight is 342 g/mol. The fourth-order valence-electron chi connectivity index (χ4n) is 2.25. The molecule has 0 aliphatic rings. The quantitative estimate of drug-likeness (QED) is 0.613. The van der Waals surface area contributed by atoms with Crippen molar-refractivity contribution in [1.82, 2.24) is 4.98 Å². The van der Waals surface area contributed by atoms with Crippen LogP contribution in [0.25, 0.3) is 16.3 Å². The van der Waals surface area contributed by atoms with Gasteiger partial charge in [-0.1, -0.05) is 36.8 Å². The highest BCUT2D eigenvalue weighted by Gasteiger charge is 2.06. The lowest BCUT2D eigenvalue weighted by atomic mass is 10.1. The van der Waals surface area contributed by atoms with Crippen LogP contribution in [0.4, 0.5) is 5.13 Å². The van der Waals surface area contributed by atoms with Crippen LogP contribution in [0.5, 0.6) is 0 Å². The summed E-state index contributed by atoms with van der Waals surface area (Å²) in [6.45, 7) is 2.20. The number of rotatable bonds is 6. The Balaban J connectivity index is 1.69. The number of nitrogens with one attached hydrogen (secondary N) is 1. The second-order valence-electron chi connectivity index (χ2n) is 5.26. The van der Waals surface area contributed by atoms with Gasteiger partial charge >= 0.3 is 0 Å². The van der Waals surface area contributed by atoms with E-state index < -0.39 is 0 Å². The first kappa shape index (κ1) is 15.9. The van der Waals surface area contributed by atoms with Gasteiger partial charge in [0, 0.05) is 11.0 Å². The van der Waals surface area contributed by atoms with Gasteiger partial charge in [0.05, 0.1) is 10.2 Å². The van der Waals surface area contributed by atoms with Crippen molar-refractivity contribution in [1.29, 1.82) is 0 Å². The molecular formula is C18H18N2OS2. The molecule has 0 atom stereocenters. The van der Waals surface area contributed by atoms with Crippen LogP contribution in [0.1, 0.15) is 30.2 Å². The fourth-order valence-corrected chi connectivity index (χ4v) is 3.80. The molecule has 5 heteroatoms. The molecule has 3 rings (SSSR count). The van der Waals surface area contributed by atoms with Gasteiger partial charge in [-0.25, -0.2) is 4.98 Å². The van der Waals surface area contributed by atoms with Gasteiger partial charge in [0.25, 0.3) is 0 Å². The third kappa shape index (κ3) is 4.27. The van der Waals surface area contributed by atoms with E-state index in [4.69, 9.17) is 0 Å². The van der Waals surface area contributed by atoms with Crippen LogP contribution in [0.2, 0.25) is 0 Å². The van der Waals surface area contributed by atoms with Gasteiger partial charge in [0.1, 0.15) is 0 Å². The third-order valence-electron chi connectivity index (χ3n) is 3.44. The van der Waals surface area contributed by atoms with E-state index in [-0.39, 0.29) is 5.91 Å². The summed E-state index contributed by atoms with van der Waals surface area (Å²) in [6, 6.07) is 10.3. The van der Waals surface area contributed by atoms with Crippen LogP contribution < -0.4 is 5.32 Å². The second kappa shape index (κ2) is 7.53.